The molecule has 2 aliphatic rings. The van der Waals surface area contributed by atoms with Crippen LogP contribution in [0.25, 0.3) is 0 Å². The summed E-state index contributed by atoms with van der Waals surface area (Å²) in [6.45, 7) is 1.60. The average molecular weight is 367 g/mol. The van der Waals surface area contributed by atoms with E-state index in [2.05, 4.69) is 0 Å². The minimum Gasteiger partial charge on any atom is -0.444 e. The molecule has 0 aromatic heterocycles. The second kappa shape index (κ2) is 7.88. The monoisotopic (exact) mass is 367 g/mol. The number of carbonyl (C=O) groups is 2. The van der Waals surface area contributed by atoms with Crippen LogP contribution in [0.1, 0.15) is 12.8 Å². The standard InChI is InChI=1S/C17H22FN3O5/c18-14-7-11(21-10-12(26-17(21)24)2-4-16(19)23)1-3-15(14)20-8-13(9-20)25-6-5-22/h1,3,7,12-13,22H,2,4-6,8-10H2,(H2,19,23). The molecule has 2 fully saturated rings. The molecule has 0 bridgehead atoms. The first-order chi connectivity index (χ1) is 12.5. The number of carbonyl (C=O) groups excluding carboxylic acids is 2. The van der Waals surface area contributed by atoms with Crippen LogP contribution in [0.3, 0.4) is 0 Å². The second-order valence-corrected chi connectivity index (χ2v) is 6.38. The summed E-state index contributed by atoms with van der Waals surface area (Å²) in [7, 11) is 0. The lowest BCUT2D eigenvalue weighted by atomic mass is 10.1. The van der Waals surface area contributed by atoms with Crippen LogP contribution in [0, 0.1) is 5.82 Å². The van der Waals surface area contributed by atoms with Gasteiger partial charge in [0.15, 0.2) is 0 Å². The normalized spacial score (nSPS) is 20.2. The topological polar surface area (TPSA) is 105 Å². The van der Waals surface area contributed by atoms with Crippen molar-refractivity contribution in [1.82, 2.24) is 0 Å². The Morgan fingerprint density at radius 2 is 2.15 bits per heavy atom. The molecule has 1 aromatic carbocycles. The molecule has 1 aromatic rings. The predicted octanol–water partition coefficient (Wildman–Crippen LogP) is 0.614. The summed E-state index contributed by atoms with van der Waals surface area (Å²) in [5, 5.41) is 8.73. The van der Waals surface area contributed by atoms with Gasteiger partial charge in [-0.15, -0.1) is 0 Å². The molecule has 3 N–H and O–H groups in total. The molecule has 0 radical (unpaired) electrons. The number of nitrogens with two attached hydrogens (primary N) is 1. The lowest BCUT2D eigenvalue weighted by Gasteiger charge is -2.40. The Kier molecular flexibility index (Phi) is 5.58. The quantitative estimate of drug-likeness (QED) is 0.698. The van der Waals surface area contributed by atoms with Gasteiger partial charge in [0.1, 0.15) is 11.9 Å². The summed E-state index contributed by atoms with van der Waals surface area (Å²) < 4.78 is 25.0. The predicted molar refractivity (Wildman–Crippen MR) is 91.5 cm³/mol. The van der Waals surface area contributed by atoms with Gasteiger partial charge in [0.2, 0.25) is 5.91 Å². The van der Waals surface area contributed by atoms with Crippen molar-refractivity contribution < 1.29 is 28.6 Å². The van der Waals surface area contributed by atoms with E-state index in [-0.39, 0.29) is 32.3 Å². The Balaban J connectivity index is 1.59. The van der Waals surface area contributed by atoms with Crippen LogP contribution in [0.4, 0.5) is 20.6 Å². The van der Waals surface area contributed by atoms with Crippen LogP contribution in [0.2, 0.25) is 0 Å². The fourth-order valence-electron chi connectivity index (χ4n) is 3.07. The van der Waals surface area contributed by atoms with Crippen LogP contribution in [-0.4, -0.2) is 62.2 Å². The third kappa shape index (κ3) is 4.05. The number of nitrogens with zero attached hydrogens (tertiary/aromatic N) is 2. The maximum Gasteiger partial charge on any atom is 0.414 e. The van der Waals surface area contributed by atoms with E-state index < -0.39 is 23.9 Å². The third-order valence-electron chi connectivity index (χ3n) is 4.46. The van der Waals surface area contributed by atoms with Crippen LogP contribution >= 0.6 is 0 Å². The molecule has 2 saturated heterocycles. The van der Waals surface area contributed by atoms with E-state index in [1.165, 1.54) is 11.0 Å². The number of benzene rings is 1. The number of ether oxygens (including phenoxy) is 2. The van der Waals surface area contributed by atoms with E-state index in [0.29, 0.717) is 30.9 Å². The Morgan fingerprint density at radius 3 is 2.81 bits per heavy atom. The minimum absolute atomic E-state index is 0.0131. The molecule has 142 valence electrons. The van der Waals surface area contributed by atoms with Crippen molar-refractivity contribution in [2.75, 3.05) is 42.6 Å². The fraction of sp³-hybridized carbons (Fsp3) is 0.529. The lowest BCUT2D eigenvalue weighted by molar-refractivity contribution is -0.118. The van der Waals surface area contributed by atoms with Gasteiger partial charge in [-0.2, -0.15) is 0 Å². The van der Waals surface area contributed by atoms with Crippen molar-refractivity contribution >= 4 is 23.4 Å². The highest BCUT2D eigenvalue weighted by molar-refractivity contribution is 5.90. The highest BCUT2D eigenvalue weighted by atomic mass is 19.1. The van der Waals surface area contributed by atoms with E-state index in [1.54, 1.807) is 12.1 Å². The van der Waals surface area contributed by atoms with Gasteiger partial charge in [-0.1, -0.05) is 0 Å². The molecule has 9 heteroatoms. The number of aliphatic hydroxyl groups is 1. The zero-order valence-corrected chi connectivity index (χ0v) is 14.3. The fourth-order valence-corrected chi connectivity index (χ4v) is 3.07. The molecule has 0 aliphatic carbocycles. The number of halogens is 1. The van der Waals surface area contributed by atoms with Gasteiger partial charge in [0.05, 0.1) is 37.2 Å². The summed E-state index contributed by atoms with van der Waals surface area (Å²) in [6, 6.07) is 4.59. The summed E-state index contributed by atoms with van der Waals surface area (Å²) in [6.07, 6.45) is -0.527. The molecule has 8 nitrogen and oxygen atoms in total. The highest BCUT2D eigenvalue weighted by Gasteiger charge is 2.34. The molecule has 1 unspecified atom stereocenters. The molecule has 3 rings (SSSR count). The maximum atomic E-state index is 14.5. The van der Waals surface area contributed by atoms with Gasteiger partial charge in [-0.25, -0.2) is 9.18 Å². The Labute approximate surface area is 150 Å². The second-order valence-electron chi connectivity index (χ2n) is 6.38. The molecular weight excluding hydrogens is 345 g/mol. The molecule has 2 heterocycles. The van der Waals surface area contributed by atoms with Crippen LogP contribution < -0.4 is 15.5 Å². The van der Waals surface area contributed by atoms with Gasteiger partial charge in [-0.3, -0.25) is 9.69 Å². The highest BCUT2D eigenvalue weighted by Crippen LogP contribution is 2.31. The number of primary amides is 1. The van der Waals surface area contributed by atoms with Crippen LogP contribution in [0.5, 0.6) is 0 Å². The third-order valence-corrected chi connectivity index (χ3v) is 4.46. The number of hydrogen-bond acceptors (Lipinski definition) is 6. The number of cyclic esters (lactones) is 1. The van der Waals surface area contributed by atoms with Gasteiger partial charge >= 0.3 is 6.09 Å². The number of hydrogen-bond donors (Lipinski definition) is 2. The van der Waals surface area contributed by atoms with Crippen molar-refractivity contribution in [3.8, 4) is 0 Å². The van der Waals surface area contributed by atoms with Gasteiger partial charge in [0, 0.05) is 19.5 Å². The number of amides is 2. The zero-order valence-electron chi connectivity index (χ0n) is 14.3. The molecule has 26 heavy (non-hydrogen) atoms. The Bertz CT molecular complexity index is 680. The summed E-state index contributed by atoms with van der Waals surface area (Å²) in [5.41, 5.74) is 5.95. The first-order valence-electron chi connectivity index (χ1n) is 8.51. The van der Waals surface area contributed by atoms with Crippen LogP contribution in [-0.2, 0) is 14.3 Å². The van der Waals surface area contributed by atoms with E-state index in [4.69, 9.17) is 20.3 Å². The largest absolute Gasteiger partial charge is 0.444 e. The van der Waals surface area contributed by atoms with E-state index in [1.807, 2.05) is 4.90 Å². The van der Waals surface area contributed by atoms with Crippen molar-refractivity contribution in [3.63, 3.8) is 0 Å². The van der Waals surface area contributed by atoms with Crippen molar-refractivity contribution in [1.29, 1.82) is 0 Å². The Hall–Kier alpha value is -2.39. The summed E-state index contributed by atoms with van der Waals surface area (Å²) in [4.78, 5) is 26.0. The molecular formula is C17H22FN3O5. The van der Waals surface area contributed by atoms with Crippen molar-refractivity contribution in [2.24, 2.45) is 5.73 Å². The first kappa shape index (κ1) is 18.4. The number of rotatable bonds is 8. The number of aliphatic hydroxyl groups excluding tert-OH is 1. The maximum absolute atomic E-state index is 14.5. The van der Waals surface area contributed by atoms with E-state index in [9.17, 15) is 14.0 Å². The van der Waals surface area contributed by atoms with Crippen molar-refractivity contribution in [3.05, 3.63) is 24.0 Å². The molecule has 1 atom stereocenters. The first-order valence-corrected chi connectivity index (χ1v) is 8.51. The van der Waals surface area contributed by atoms with Crippen molar-refractivity contribution in [2.45, 2.75) is 25.0 Å². The lowest BCUT2D eigenvalue weighted by Crippen LogP contribution is -2.53. The average Bonchev–Trinajstić information content (AvgIpc) is 2.93. The molecule has 0 saturated carbocycles. The van der Waals surface area contributed by atoms with Gasteiger partial charge in [0.25, 0.3) is 0 Å². The summed E-state index contributed by atoms with van der Waals surface area (Å²) >= 11 is 0. The SMILES string of the molecule is NC(=O)CCC1CN(c2ccc(N3CC(OCCO)C3)c(F)c2)C(=O)O1. The molecule has 0 spiro atoms. The van der Waals surface area contributed by atoms with Gasteiger partial charge in [-0.05, 0) is 24.6 Å². The number of anilines is 2. The van der Waals surface area contributed by atoms with Crippen LogP contribution in [0.15, 0.2) is 18.2 Å². The zero-order chi connectivity index (χ0) is 18.7. The summed E-state index contributed by atoms with van der Waals surface area (Å²) in [5.74, 6) is -0.887. The molecule has 2 amide bonds. The van der Waals surface area contributed by atoms with E-state index in [0.717, 1.165) is 0 Å². The van der Waals surface area contributed by atoms with Gasteiger partial charge < -0.3 is 25.2 Å². The van der Waals surface area contributed by atoms with E-state index >= 15 is 0 Å². The Morgan fingerprint density at radius 1 is 1.38 bits per heavy atom. The minimum atomic E-state index is -0.562. The smallest absolute Gasteiger partial charge is 0.414 e. The molecule has 2 aliphatic heterocycles.